The van der Waals surface area contributed by atoms with Crippen molar-refractivity contribution in [2.45, 2.75) is 26.7 Å². The third kappa shape index (κ3) is 3.01. The van der Waals surface area contributed by atoms with Crippen molar-refractivity contribution in [1.29, 1.82) is 0 Å². The molecule has 3 rings (SSSR count). The number of benzene rings is 1. The van der Waals surface area contributed by atoms with Crippen molar-refractivity contribution in [3.8, 4) is 0 Å². The zero-order valence-corrected chi connectivity index (χ0v) is 12.3. The Hall–Kier alpha value is -1.83. The summed E-state index contributed by atoms with van der Waals surface area (Å²) >= 11 is 0. The van der Waals surface area contributed by atoms with Crippen LogP contribution < -0.4 is 5.32 Å². The van der Waals surface area contributed by atoms with Crippen molar-refractivity contribution < 1.29 is 0 Å². The monoisotopic (exact) mass is 266 g/mol. The number of allylic oxidation sites excluding steroid dienone is 2. The zero-order chi connectivity index (χ0) is 13.9. The van der Waals surface area contributed by atoms with Crippen LogP contribution >= 0.6 is 0 Å². The summed E-state index contributed by atoms with van der Waals surface area (Å²) in [6.45, 7) is 5.63. The van der Waals surface area contributed by atoms with Gasteiger partial charge in [0.15, 0.2) is 0 Å². The van der Waals surface area contributed by atoms with Gasteiger partial charge in [-0.15, -0.1) is 0 Å². The largest absolute Gasteiger partial charge is 0.385 e. The first-order valence-corrected chi connectivity index (χ1v) is 7.46. The molecule has 1 aromatic heterocycles. The Morgan fingerprint density at radius 1 is 1.30 bits per heavy atom. The Kier molecular flexibility index (Phi) is 3.72. The Bertz CT molecular complexity index is 630. The van der Waals surface area contributed by atoms with E-state index in [0.717, 1.165) is 23.9 Å². The molecule has 2 atom stereocenters. The van der Waals surface area contributed by atoms with Crippen LogP contribution in [0.2, 0.25) is 0 Å². The molecule has 0 saturated heterocycles. The summed E-state index contributed by atoms with van der Waals surface area (Å²) in [4.78, 5) is 4.36. The smallest absolute Gasteiger partial charge is 0.0703 e. The molecule has 0 fully saturated rings. The lowest BCUT2D eigenvalue weighted by atomic mass is 9.84. The number of fused-ring (bicyclic) bond motifs is 1. The average Bonchev–Trinajstić information content (AvgIpc) is 2.44. The summed E-state index contributed by atoms with van der Waals surface area (Å²) in [6, 6.07) is 10.5. The molecule has 0 aliphatic heterocycles. The van der Waals surface area contributed by atoms with E-state index in [9.17, 15) is 0 Å². The van der Waals surface area contributed by atoms with Gasteiger partial charge in [-0.05, 0) is 55.9 Å². The maximum absolute atomic E-state index is 4.36. The lowest BCUT2D eigenvalue weighted by Crippen LogP contribution is -2.20. The van der Waals surface area contributed by atoms with Gasteiger partial charge in [-0.25, -0.2) is 0 Å². The topological polar surface area (TPSA) is 24.9 Å². The Morgan fingerprint density at radius 3 is 3.05 bits per heavy atom. The first kappa shape index (κ1) is 13.2. The SMILES string of the molecule is CC1=CC(C)CC(CNc2ccc3ncccc3c2)C1. The van der Waals surface area contributed by atoms with E-state index in [0.29, 0.717) is 0 Å². The van der Waals surface area contributed by atoms with Gasteiger partial charge in [-0.1, -0.05) is 24.6 Å². The standard InChI is InChI=1S/C18H22N2/c1-13-8-14(2)10-15(9-13)12-20-17-5-6-18-16(11-17)4-3-7-19-18/h3-8,11,13,15,20H,9-10,12H2,1-2H3. The molecule has 1 aromatic carbocycles. The van der Waals surface area contributed by atoms with E-state index in [2.05, 4.69) is 54.5 Å². The van der Waals surface area contributed by atoms with Crippen molar-refractivity contribution in [1.82, 2.24) is 4.98 Å². The second-order valence-electron chi connectivity index (χ2n) is 6.09. The molecule has 2 unspecified atom stereocenters. The zero-order valence-electron chi connectivity index (χ0n) is 12.3. The van der Waals surface area contributed by atoms with Gasteiger partial charge in [-0.2, -0.15) is 0 Å². The highest BCUT2D eigenvalue weighted by Crippen LogP contribution is 2.28. The fraction of sp³-hybridized carbons (Fsp3) is 0.389. The third-order valence-electron chi connectivity index (χ3n) is 4.08. The van der Waals surface area contributed by atoms with Gasteiger partial charge >= 0.3 is 0 Å². The van der Waals surface area contributed by atoms with Gasteiger partial charge in [0.05, 0.1) is 5.52 Å². The summed E-state index contributed by atoms with van der Waals surface area (Å²) in [5.41, 5.74) is 3.80. The average molecular weight is 266 g/mol. The van der Waals surface area contributed by atoms with Crippen LogP contribution in [0.3, 0.4) is 0 Å². The van der Waals surface area contributed by atoms with E-state index >= 15 is 0 Å². The molecule has 1 aliphatic rings. The van der Waals surface area contributed by atoms with Crippen molar-refractivity contribution in [2.24, 2.45) is 11.8 Å². The summed E-state index contributed by atoms with van der Waals surface area (Å²) < 4.78 is 0. The van der Waals surface area contributed by atoms with E-state index in [1.54, 1.807) is 5.57 Å². The molecule has 0 bridgehead atoms. The van der Waals surface area contributed by atoms with Crippen LogP contribution in [0.15, 0.2) is 48.2 Å². The normalized spacial score (nSPS) is 22.6. The molecule has 1 N–H and O–H groups in total. The van der Waals surface area contributed by atoms with E-state index in [1.807, 2.05) is 12.3 Å². The quantitative estimate of drug-likeness (QED) is 0.819. The predicted octanol–water partition coefficient (Wildman–Crippen LogP) is 4.64. The van der Waals surface area contributed by atoms with Gasteiger partial charge in [0.25, 0.3) is 0 Å². The fourth-order valence-electron chi connectivity index (χ4n) is 3.29. The lowest BCUT2D eigenvalue weighted by molar-refractivity contribution is 0.421. The number of nitrogens with one attached hydrogen (secondary N) is 1. The Morgan fingerprint density at radius 2 is 2.20 bits per heavy atom. The van der Waals surface area contributed by atoms with Gasteiger partial charge < -0.3 is 5.32 Å². The molecule has 0 amide bonds. The minimum Gasteiger partial charge on any atom is -0.385 e. The molecule has 0 radical (unpaired) electrons. The minimum atomic E-state index is 0.719. The van der Waals surface area contributed by atoms with Gasteiger partial charge in [0.1, 0.15) is 0 Å². The number of rotatable bonds is 3. The van der Waals surface area contributed by atoms with Crippen LogP contribution in [0.1, 0.15) is 26.7 Å². The van der Waals surface area contributed by atoms with E-state index in [-0.39, 0.29) is 0 Å². The molecule has 0 spiro atoms. The third-order valence-corrected chi connectivity index (χ3v) is 4.08. The highest BCUT2D eigenvalue weighted by molar-refractivity contribution is 5.82. The summed E-state index contributed by atoms with van der Waals surface area (Å²) in [5, 5.41) is 4.79. The first-order chi connectivity index (χ1) is 9.70. The van der Waals surface area contributed by atoms with Crippen molar-refractivity contribution in [3.63, 3.8) is 0 Å². The second-order valence-corrected chi connectivity index (χ2v) is 6.09. The molecule has 2 aromatic rings. The number of pyridine rings is 1. The van der Waals surface area contributed by atoms with Crippen LogP contribution in [0, 0.1) is 11.8 Å². The maximum atomic E-state index is 4.36. The lowest BCUT2D eigenvalue weighted by Gasteiger charge is -2.26. The van der Waals surface area contributed by atoms with Crippen molar-refractivity contribution in [2.75, 3.05) is 11.9 Å². The van der Waals surface area contributed by atoms with Gasteiger partial charge in [0, 0.05) is 23.8 Å². The van der Waals surface area contributed by atoms with Crippen LogP contribution in [0.5, 0.6) is 0 Å². The van der Waals surface area contributed by atoms with Crippen LogP contribution in [-0.4, -0.2) is 11.5 Å². The number of nitrogens with zero attached hydrogens (tertiary/aromatic N) is 1. The maximum Gasteiger partial charge on any atom is 0.0703 e. The molecule has 104 valence electrons. The molecule has 2 heteroatoms. The molecule has 1 heterocycles. The molecule has 2 nitrogen and oxygen atoms in total. The van der Waals surface area contributed by atoms with E-state index < -0.39 is 0 Å². The fourth-order valence-corrected chi connectivity index (χ4v) is 3.29. The molecule has 1 aliphatic carbocycles. The second kappa shape index (κ2) is 5.66. The summed E-state index contributed by atoms with van der Waals surface area (Å²) in [7, 11) is 0. The van der Waals surface area contributed by atoms with Crippen molar-refractivity contribution in [3.05, 3.63) is 48.2 Å². The number of aromatic nitrogens is 1. The summed E-state index contributed by atoms with van der Waals surface area (Å²) in [5.74, 6) is 1.47. The molecule has 20 heavy (non-hydrogen) atoms. The Balaban J connectivity index is 1.66. The predicted molar refractivity (Wildman–Crippen MR) is 85.9 cm³/mol. The van der Waals surface area contributed by atoms with Gasteiger partial charge in [0.2, 0.25) is 0 Å². The van der Waals surface area contributed by atoms with Gasteiger partial charge in [-0.3, -0.25) is 4.98 Å². The summed E-state index contributed by atoms with van der Waals surface area (Å²) in [6.07, 6.45) is 6.78. The number of anilines is 1. The number of hydrogen-bond acceptors (Lipinski definition) is 2. The van der Waals surface area contributed by atoms with Crippen LogP contribution in [0.4, 0.5) is 5.69 Å². The molecular weight excluding hydrogens is 244 g/mol. The van der Waals surface area contributed by atoms with Crippen molar-refractivity contribution >= 4 is 16.6 Å². The minimum absolute atomic E-state index is 0.719. The molecular formula is C18H22N2. The number of hydrogen-bond donors (Lipinski definition) is 1. The van der Waals surface area contributed by atoms with Crippen LogP contribution in [-0.2, 0) is 0 Å². The Labute approximate surface area is 120 Å². The van der Waals surface area contributed by atoms with Crippen LogP contribution in [0.25, 0.3) is 10.9 Å². The first-order valence-electron chi connectivity index (χ1n) is 7.46. The molecule has 0 saturated carbocycles. The highest BCUT2D eigenvalue weighted by atomic mass is 14.9. The van der Waals surface area contributed by atoms with E-state index in [1.165, 1.54) is 23.9 Å². The highest BCUT2D eigenvalue weighted by Gasteiger charge is 2.17. The van der Waals surface area contributed by atoms with E-state index in [4.69, 9.17) is 0 Å².